The molecule has 4 heterocycles. The Kier molecular flexibility index (Phi) is 6.83. The van der Waals surface area contributed by atoms with Gasteiger partial charge in [-0.15, -0.1) is 0 Å². The Labute approximate surface area is 325 Å². The molecule has 12 rings (SSSR count). The molecule has 266 valence electrons. The van der Waals surface area contributed by atoms with Gasteiger partial charge < -0.3 is 13.4 Å². The van der Waals surface area contributed by atoms with E-state index in [4.69, 9.17) is 23.8 Å². The minimum absolute atomic E-state index is 0.563. The van der Waals surface area contributed by atoms with Gasteiger partial charge in [-0.05, 0) is 65.7 Å². The molecule has 0 unspecified atom stereocenters. The Hall–Kier alpha value is -7.83. The first-order chi connectivity index (χ1) is 28.2. The Morgan fingerprint density at radius 1 is 0.351 bits per heavy atom. The summed E-state index contributed by atoms with van der Waals surface area (Å²) in [5, 5.41) is 6.37. The third kappa shape index (κ3) is 4.94. The van der Waals surface area contributed by atoms with E-state index in [0.29, 0.717) is 17.5 Å². The van der Waals surface area contributed by atoms with E-state index in [1.54, 1.807) is 0 Å². The fraction of sp³-hybridized carbons (Fsp3) is 0. The van der Waals surface area contributed by atoms with Crippen molar-refractivity contribution in [3.63, 3.8) is 0 Å². The molecule has 57 heavy (non-hydrogen) atoms. The number of aromatic nitrogens is 4. The fourth-order valence-electron chi connectivity index (χ4n) is 8.45. The summed E-state index contributed by atoms with van der Waals surface area (Å²) in [6, 6.07) is 62.7. The molecule has 12 aromatic rings. The van der Waals surface area contributed by atoms with Crippen LogP contribution in [0.4, 0.5) is 0 Å². The summed E-state index contributed by atoms with van der Waals surface area (Å²) in [5.41, 5.74) is 11.2. The monoisotopic (exact) mass is 730 g/mol. The van der Waals surface area contributed by atoms with E-state index in [2.05, 4.69) is 114 Å². The van der Waals surface area contributed by atoms with Crippen molar-refractivity contribution in [1.29, 1.82) is 0 Å². The molecule has 4 aromatic heterocycles. The molecule has 0 fully saturated rings. The maximum Gasteiger partial charge on any atom is 0.164 e. The summed E-state index contributed by atoms with van der Waals surface area (Å²) in [6.45, 7) is 0. The predicted molar refractivity (Wildman–Crippen MR) is 230 cm³/mol. The van der Waals surface area contributed by atoms with E-state index < -0.39 is 0 Å². The molecule has 6 heteroatoms. The maximum absolute atomic E-state index is 6.97. The van der Waals surface area contributed by atoms with Crippen LogP contribution < -0.4 is 0 Å². The number of para-hydroxylation sites is 3. The normalized spacial score (nSPS) is 11.9. The molecule has 0 spiro atoms. The first kappa shape index (κ1) is 31.5. The second kappa shape index (κ2) is 12.3. The van der Waals surface area contributed by atoms with E-state index in [9.17, 15) is 0 Å². The molecule has 0 N–H and O–H groups in total. The van der Waals surface area contributed by atoms with Crippen molar-refractivity contribution in [3.8, 4) is 51.0 Å². The van der Waals surface area contributed by atoms with E-state index >= 15 is 0 Å². The second-order valence-corrected chi connectivity index (χ2v) is 14.4. The molecule has 0 radical (unpaired) electrons. The van der Waals surface area contributed by atoms with Gasteiger partial charge in [-0.25, -0.2) is 15.0 Å². The summed E-state index contributed by atoms with van der Waals surface area (Å²) < 4.78 is 15.5. The first-order valence-electron chi connectivity index (χ1n) is 19.0. The van der Waals surface area contributed by atoms with Gasteiger partial charge in [0.15, 0.2) is 23.1 Å². The quantitative estimate of drug-likeness (QED) is 0.176. The van der Waals surface area contributed by atoms with Crippen molar-refractivity contribution < 1.29 is 8.83 Å². The van der Waals surface area contributed by atoms with Crippen molar-refractivity contribution in [2.45, 2.75) is 0 Å². The van der Waals surface area contributed by atoms with Gasteiger partial charge in [0.1, 0.15) is 16.7 Å². The third-order valence-electron chi connectivity index (χ3n) is 11.0. The topological polar surface area (TPSA) is 69.9 Å². The zero-order chi connectivity index (χ0) is 37.5. The van der Waals surface area contributed by atoms with Crippen molar-refractivity contribution in [1.82, 2.24) is 19.5 Å². The highest BCUT2D eigenvalue weighted by Gasteiger charge is 2.23. The van der Waals surface area contributed by atoms with Gasteiger partial charge in [0.25, 0.3) is 0 Å². The zero-order valence-corrected chi connectivity index (χ0v) is 30.4. The molecule has 6 nitrogen and oxygen atoms in total. The first-order valence-corrected chi connectivity index (χ1v) is 19.0. The molecule has 0 atom stereocenters. The summed E-state index contributed by atoms with van der Waals surface area (Å²) in [4.78, 5) is 15.5. The van der Waals surface area contributed by atoms with Gasteiger partial charge >= 0.3 is 0 Å². The van der Waals surface area contributed by atoms with E-state index in [0.717, 1.165) is 88.4 Å². The molecular weight excluding hydrogens is 701 g/mol. The number of rotatable bonds is 5. The summed E-state index contributed by atoms with van der Waals surface area (Å²) in [6.07, 6.45) is 0. The molecule has 0 saturated heterocycles. The summed E-state index contributed by atoms with van der Waals surface area (Å²) in [7, 11) is 0. The number of hydrogen-bond donors (Lipinski definition) is 0. The Bertz CT molecular complexity index is 3470. The largest absolute Gasteiger partial charge is 0.456 e. The molecular formula is C51H30N4O2. The lowest BCUT2D eigenvalue weighted by Crippen LogP contribution is -2.00. The van der Waals surface area contributed by atoms with Crippen LogP contribution in [-0.2, 0) is 0 Å². The Morgan fingerprint density at radius 2 is 0.930 bits per heavy atom. The van der Waals surface area contributed by atoms with Crippen LogP contribution in [0.1, 0.15) is 0 Å². The molecule has 0 saturated carbocycles. The van der Waals surface area contributed by atoms with Gasteiger partial charge in [-0.2, -0.15) is 0 Å². The van der Waals surface area contributed by atoms with Crippen LogP contribution in [0.15, 0.2) is 191 Å². The van der Waals surface area contributed by atoms with Gasteiger partial charge in [-0.1, -0.05) is 127 Å². The SMILES string of the molecule is c1ccc(-c2cc(-n3c4ccccc4c4ccccc43)c3oc4cccc(-c5nc(-c6ccccc6)nc(-c6ccc7oc8ccccc8c7c6)n5)c4c3c2)cc1. The minimum atomic E-state index is 0.563. The lowest BCUT2D eigenvalue weighted by Gasteiger charge is -2.12. The van der Waals surface area contributed by atoms with Crippen LogP contribution in [0.3, 0.4) is 0 Å². The van der Waals surface area contributed by atoms with Crippen LogP contribution in [0, 0.1) is 0 Å². The Balaban J connectivity index is 1.15. The number of hydrogen-bond acceptors (Lipinski definition) is 5. The predicted octanol–water partition coefficient (Wildman–Crippen LogP) is 13.4. The van der Waals surface area contributed by atoms with Crippen LogP contribution in [-0.4, -0.2) is 19.5 Å². The van der Waals surface area contributed by atoms with E-state index in [1.807, 2.05) is 72.8 Å². The number of nitrogens with zero attached hydrogens (tertiary/aromatic N) is 4. The van der Waals surface area contributed by atoms with Gasteiger partial charge in [0, 0.05) is 49.0 Å². The Morgan fingerprint density at radius 3 is 1.68 bits per heavy atom. The maximum atomic E-state index is 6.97. The highest BCUT2D eigenvalue weighted by Crippen LogP contribution is 2.43. The van der Waals surface area contributed by atoms with Crippen LogP contribution in [0.25, 0.3) is 117 Å². The molecule has 8 aromatic carbocycles. The lowest BCUT2D eigenvalue weighted by molar-refractivity contribution is 0.666. The fourth-order valence-corrected chi connectivity index (χ4v) is 8.45. The van der Waals surface area contributed by atoms with Crippen LogP contribution >= 0.6 is 0 Å². The van der Waals surface area contributed by atoms with Crippen molar-refractivity contribution in [3.05, 3.63) is 182 Å². The molecule has 0 amide bonds. The van der Waals surface area contributed by atoms with Gasteiger partial charge in [-0.3, -0.25) is 0 Å². The van der Waals surface area contributed by atoms with Gasteiger partial charge in [0.2, 0.25) is 0 Å². The highest BCUT2D eigenvalue weighted by molar-refractivity contribution is 6.17. The molecule has 0 aliphatic carbocycles. The van der Waals surface area contributed by atoms with E-state index in [1.165, 1.54) is 10.8 Å². The molecule has 0 aliphatic heterocycles. The number of furan rings is 2. The van der Waals surface area contributed by atoms with Crippen molar-refractivity contribution >= 4 is 65.7 Å². The number of fused-ring (bicyclic) bond motifs is 9. The second-order valence-electron chi connectivity index (χ2n) is 14.4. The highest BCUT2D eigenvalue weighted by atomic mass is 16.3. The number of benzene rings is 8. The zero-order valence-electron chi connectivity index (χ0n) is 30.4. The van der Waals surface area contributed by atoms with Gasteiger partial charge in [0.05, 0.1) is 16.7 Å². The minimum Gasteiger partial charge on any atom is -0.456 e. The molecule has 0 aliphatic rings. The third-order valence-corrected chi connectivity index (χ3v) is 11.0. The summed E-state index contributed by atoms with van der Waals surface area (Å²) >= 11 is 0. The average molecular weight is 731 g/mol. The lowest BCUT2D eigenvalue weighted by atomic mass is 9.99. The van der Waals surface area contributed by atoms with Crippen molar-refractivity contribution in [2.24, 2.45) is 0 Å². The summed E-state index contributed by atoms with van der Waals surface area (Å²) in [5.74, 6) is 1.73. The van der Waals surface area contributed by atoms with Crippen LogP contribution in [0.2, 0.25) is 0 Å². The van der Waals surface area contributed by atoms with Crippen LogP contribution in [0.5, 0.6) is 0 Å². The van der Waals surface area contributed by atoms with Crippen molar-refractivity contribution in [2.75, 3.05) is 0 Å². The smallest absolute Gasteiger partial charge is 0.164 e. The standard InChI is InChI=1S/C51H30N4O2/c1-3-14-31(15-4-1)34-29-40-47-38(21-13-25-46(47)57-48(40)43(30-34)55-41-22-10-7-18-35(41)36-19-8-11-23-42(36)55)51-53-49(32-16-5-2-6-17-32)52-50(54-51)33-26-27-45-39(28-33)37-20-9-12-24-44(37)56-45/h1-30H. The van der Waals surface area contributed by atoms with E-state index in [-0.39, 0.29) is 0 Å². The molecule has 0 bridgehead atoms. The average Bonchev–Trinajstić information content (AvgIpc) is 3.96.